The first-order chi connectivity index (χ1) is 10.00. The number of esters is 1. The maximum Gasteiger partial charge on any atom is 0.326 e. The summed E-state index contributed by atoms with van der Waals surface area (Å²) in [6, 6.07) is 4.82. The van der Waals surface area contributed by atoms with Gasteiger partial charge in [0, 0.05) is 30.2 Å². The Bertz CT molecular complexity index is 592. The van der Waals surface area contributed by atoms with Crippen molar-refractivity contribution in [1.29, 1.82) is 0 Å². The third-order valence-electron chi connectivity index (χ3n) is 4.68. The van der Waals surface area contributed by atoms with Gasteiger partial charge in [-0.15, -0.1) is 0 Å². The summed E-state index contributed by atoms with van der Waals surface area (Å²) in [5.41, 5.74) is -0.344. The molecule has 21 heavy (non-hydrogen) atoms. The summed E-state index contributed by atoms with van der Waals surface area (Å²) in [7, 11) is 0. The van der Waals surface area contributed by atoms with Gasteiger partial charge >= 0.3 is 5.97 Å². The van der Waals surface area contributed by atoms with Crippen LogP contribution in [0.5, 0.6) is 0 Å². The van der Waals surface area contributed by atoms with Gasteiger partial charge in [-0.05, 0) is 18.9 Å². The first-order valence-corrected chi connectivity index (χ1v) is 7.46. The van der Waals surface area contributed by atoms with Crippen LogP contribution in [-0.4, -0.2) is 29.4 Å². The van der Waals surface area contributed by atoms with E-state index in [4.69, 9.17) is 9.47 Å². The van der Waals surface area contributed by atoms with Crippen LogP contribution >= 0.6 is 0 Å². The second-order valence-electron chi connectivity index (χ2n) is 6.50. The van der Waals surface area contributed by atoms with E-state index in [-0.39, 0.29) is 35.7 Å². The molecule has 5 nitrogen and oxygen atoms in total. The second kappa shape index (κ2) is 5.30. The van der Waals surface area contributed by atoms with E-state index in [9.17, 15) is 9.59 Å². The number of fused-ring (bicyclic) bond motifs is 1. The summed E-state index contributed by atoms with van der Waals surface area (Å²) >= 11 is 0. The van der Waals surface area contributed by atoms with Gasteiger partial charge in [-0.2, -0.15) is 0 Å². The van der Waals surface area contributed by atoms with Gasteiger partial charge in [-0.1, -0.05) is 19.9 Å². The molecule has 3 rings (SSSR count). The molecule has 2 fully saturated rings. The Kier molecular flexibility index (Phi) is 3.61. The molecule has 0 bridgehead atoms. The monoisotopic (exact) mass is 291 g/mol. The van der Waals surface area contributed by atoms with Gasteiger partial charge in [-0.25, -0.2) is 0 Å². The van der Waals surface area contributed by atoms with Crippen LogP contribution in [0, 0.1) is 11.3 Å². The van der Waals surface area contributed by atoms with E-state index in [1.807, 2.05) is 0 Å². The highest BCUT2D eigenvalue weighted by atomic mass is 16.6. The normalized spacial score (nSPS) is 30.1. The lowest BCUT2D eigenvalue weighted by Gasteiger charge is -2.58. The Balaban J connectivity index is 1.65. The number of carbonyl (C=O) groups excluding carboxylic acids is 1. The minimum absolute atomic E-state index is 0.0372. The van der Waals surface area contributed by atoms with Crippen molar-refractivity contribution in [2.45, 2.75) is 45.4 Å². The Labute approximate surface area is 123 Å². The van der Waals surface area contributed by atoms with Crippen LogP contribution in [0.1, 0.15) is 26.7 Å². The van der Waals surface area contributed by atoms with Crippen molar-refractivity contribution in [3.63, 3.8) is 0 Å². The van der Waals surface area contributed by atoms with Crippen molar-refractivity contribution in [3.8, 4) is 0 Å². The van der Waals surface area contributed by atoms with Gasteiger partial charge in [-0.3, -0.25) is 9.59 Å². The molecule has 1 aliphatic heterocycles. The number of pyridine rings is 1. The minimum Gasteiger partial charge on any atom is -0.460 e. The molecule has 114 valence electrons. The molecule has 2 aliphatic rings. The van der Waals surface area contributed by atoms with Crippen LogP contribution in [0.15, 0.2) is 29.2 Å². The maximum atomic E-state index is 12.1. The minimum atomic E-state index is -0.356. The number of nitrogens with zero attached hydrogens (tertiary/aromatic N) is 1. The van der Waals surface area contributed by atoms with Crippen LogP contribution in [-0.2, 0) is 20.8 Å². The van der Waals surface area contributed by atoms with Crippen molar-refractivity contribution < 1.29 is 14.3 Å². The highest BCUT2D eigenvalue weighted by molar-refractivity contribution is 5.69. The summed E-state index contributed by atoms with van der Waals surface area (Å²) in [5, 5.41) is 0. The largest absolute Gasteiger partial charge is 0.460 e. The smallest absolute Gasteiger partial charge is 0.326 e. The number of hydrogen-bond acceptors (Lipinski definition) is 4. The fourth-order valence-corrected chi connectivity index (χ4v) is 3.62. The average Bonchev–Trinajstić information content (AvgIpc) is 2.47. The Hall–Kier alpha value is -1.62. The topological polar surface area (TPSA) is 57.5 Å². The highest BCUT2D eigenvalue weighted by Gasteiger charge is 2.60. The van der Waals surface area contributed by atoms with Crippen molar-refractivity contribution in [2.24, 2.45) is 11.3 Å². The van der Waals surface area contributed by atoms with Gasteiger partial charge in [0.05, 0.1) is 6.10 Å². The molecular formula is C16H21NO4. The third kappa shape index (κ3) is 2.50. The molecule has 0 radical (unpaired) electrons. The van der Waals surface area contributed by atoms with Crippen molar-refractivity contribution in [2.75, 3.05) is 6.61 Å². The Morgan fingerprint density at radius 3 is 3.05 bits per heavy atom. The van der Waals surface area contributed by atoms with E-state index in [2.05, 4.69) is 13.8 Å². The molecular weight excluding hydrogens is 270 g/mol. The quantitative estimate of drug-likeness (QED) is 0.794. The molecule has 3 unspecified atom stereocenters. The summed E-state index contributed by atoms with van der Waals surface area (Å²) in [5.74, 6) is -0.0596. The molecule has 0 aromatic carbocycles. The van der Waals surface area contributed by atoms with Crippen molar-refractivity contribution >= 4 is 5.97 Å². The molecule has 1 saturated heterocycles. The number of hydrogen-bond donors (Lipinski definition) is 0. The molecule has 1 aromatic heterocycles. The zero-order valence-electron chi connectivity index (χ0n) is 12.5. The number of ether oxygens (including phenoxy) is 2. The van der Waals surface area contributed by atoms with Crippen LogP contribution in [0.4, 0.5) is 0 Å². The molecule has 5 heteroatoms. The van der Waals surface area contributed by atoms with Crippen molar-refractivity contribution in [1.82, 2.24) is 4.57 Å². The molecule has 0 amide bonds. The van der Waals surface area contributed by atoms with Gasteiger partial charge in [0.15, 0.2) is 0 Å². The standard InChI is InChI=1S/C16H21NO4/c1-16(2)14-11(6-5-9-20-14)15(16)21-13(19)10-17-8-4-3-7-12(17)18/h3-4,7-8,11,14-15H,5-6,9-10H2,1-2H3. The van der Waals surface area contributed by atoms with E-state index in [1.54, 1.807) is 18.3 Å². The predicted molar refractivity (Wildman–Crippen MR) is 76.8 cm³/mol. The van der Waals surface area contributed by atoms with E-state index in [1.165, 1.54) is 10.6 Å². The number of aromatic nitrogens is 1. The zero-order valence-corrected chi connectivity index (χ0v) is 12.5. The summed E-state index contributed by atoms with van der Waals surface area (Å²) < 4.78 is 12.8. The summed E-state index contributed by atoms with van der Waals surface area (Å²) in [4.78, 5) is 23.7. The average molecular weight is 291 g/mol. The third-order valence-corrected chi connectivity index (χ3v) is 4.68. The van der Waals surface area contributed by atoms with E-state index in [0.29, 0.717) is 5.92 Å². The lowest BCUT2D eigenvalue weighted by molar-refractivity contribution is -0.255. The van der Waals surface area contributed by atoms with Crippen LogP contribution in [0.3, 0.4) is 0 Å². The molecule has 1 aromatic rings. The maximum absolute atomic E-state index is 12.1. The Morgan fingerprint density at radius 1 is 1.48 bits per heavy atom. The van der Waals surface area contributed by atoms with E-state index in [0.717, 1.165) is 19.4 Å². The lowest BCUT2D eigenvalue weighted by atomic mass is 9.57. The molecule has 2 heterocycles. The fourth-order valence-electron chi connectivity index (χ4n) is 3.62. The zero-order chi connectivity index (χ0) is 15.0. The van der Waals surface area contributed by atoms with Gasteiger partial charge in [0.25, 0.3) is 5.56 Å². The summed E-state index contributed by atoms with van der Waals surface area (Å²) in [6.07, 6.45) is 3.72. The SMILES string of the molecule is CC1(C)C2OCCCC2C1OC(=O)Cn1ccccc1=O. The number of carbonyl (C=O) groups is 1. The number of rotatable bonds is 3. The molecule has 3 atom stereocenters. The van der Waals surface area contributed by atoms with Crippen LogP contribution < -0.4 is 5.56 Å². The molecule has 1 saturated carbocycles. The van der Waals surface area contributed by atoms with Gasteiger partial charge in [0.1, 0.15) is 12.6 Å². The molecule has 0 spiro atoms. The lowest BCUT2D eigenvalue weighted by Crippen LogP contribution is -2.65. The van der Waals surface area contributed by atoms with Crippen molar-refractivity contribution in [3.05, 3.63) is 34.7 Å². The van der Waals surface area contributed by atoms with Gasteiger partial charge < -0.3 is 14.0 Å². The Morgan fingerprint density at radius 2 is 2.29 bits per heavy atom. The van der Waals surface area contributed by atoms with Crippen LogP contribution in [0.25, 0.3) is 0 Å². The predicted octanol–water partition coefficient (Wildman–Crippen LogP) is 1.60. The van der Waals surface area contributed by atoms with E-state index < -0.39 is 0 Å². The van der Waals surface area contributed by atoms with Crippen LogP contribution in [0.2, 0.25) is 0 Å². The molecule has 1 aliphatic carbocycles. The highest BCUT2D eigenvalue weighted by Crippen LogP contribution is 2.52. The first kappa shape index (κ1) is 14.3. The first-order valence-electron chi connectivity index (χ1n) is 7.46. The van der Waals surface area contributed by atoms with E-state index >= 15 is 0 Å². The summed E-state index contributed by atoms with van der Waals surface area (Å²) in [6.45, 7) is 4.91. The fraction of sp³-hybridized carbons (Fsp3) is 0.625. The second-order valence-corrected chi connectivity index (χ2v) is 6.50. The van der Waals surface area contributed by atoms with Gasteiger partial charge in [0.2, 0.25) is 0 Å². The molecule has 0 N–H and O–H groups in total.